The molecule has 1 fully saturated rings. The smallest absolute Gasteiger partial charge is 0.139 e. The van der Waals surface area contributed by atoms with Crippen molar-refractivity contribution in [1.29, 1.82) is 0 Å². The summed E-state index contributed by atoms with van der Waals surface area (Å²) in [5.41, 5.74) is 2.24. The van der Waals surface area contributed by atoms with Gasteiger partial charge in [0.05, 0.1) is 12.1 Å². The maximum absolute atomic E-state index is 5.69. The number of hydrogen-bond acceptors (Lipinski definition) is 5. The molecule has 0 spiro atoms. The Kier molecular flexibility index (Phi) is 10.1. The van der Waals surface area contributed by atoms with Crippen molar-refractivity contribution in [2.45, 2.75) is 53.0 Å². The van der Waals surface area contributed by atoms with E-state index >= 15 is 0 Å². The predicted molar refractivity (Wildman–Crippen MR) is 147 cm³/mol. The van der Waals surface area contributed by atoms with E-state index in [0.29, 0.717) is 0 Å². The summed E-state index contributed by atoms with van der Waals surface area (Å²) in [5, 5.41) is 4.71. The Hall–Kier alpha value is -2.18. The van der Waals surface area contributed by atoms with Crippen LogP contribution in [0.5, 0.6) is 5.75 Å². The van der Waals surface area contributed by atoms with Crippen LogP contribution in [0.1, 0.15) is 50.9 Å². The molecule has 4 rings (SSSR count). The molecule has 34 heavy (non-hydrogen) atoms. The molecular weight excluding hydrogens is 488 g/mol. The number of nitrogens with one attached hydrogen (secondary N) is 1. The Bertz CT molecular complexity index is 1050. The van der Waals surface area contributed by atoms with Crippen LogP contribution < -0.4 is 15.0 Å². The molecule has 6 heteroatoms. The molecule has 0 bridgehead atoms. The molecule has 5 nitrogen and oxygen atoms in total. The number of hydrogen-bond donors (Lipinski definition) is 1. The van der Waals surface area contributed by atoms with Crippen LogP contribution in [0.2, 0.25) is 0 Å². The third-order valence-electron chi connectivity index (χ3n) is 6.32. The number of benzene rings is 2. The third-order valence-corrected chi connectivity index (χ3v) is 6.82. The standard InChI is InChI=1S/C17H26BrNO.C11H13N3/c1-3-20-17-9-8-16(18)10-15(17)12-19-11-14-6-4-13(2)5-7-14;1-8-12-10-7-5-4-6-9(10)11(13-8)14(2)3/h8-10,13-14,19H,3-7,11-12H2,1-2H3;4-7H,1-3H3. The second kappa shape index (κ2) is 13.1. The van der Waals surface area contributed by atoms with Crippen molar-refractivity contribution < 1.29 is 4.74 Å². The Labute approximate surface area is 213 Å². The van der Waals surface area contributed by atoms with Crippen molar-refractivity contribution in [2.24, 2.45) is 11.8 Å². The van der Waals surface area contributed by atoms with Gasteiger partial charge in [-0.25, -0.2) is 9.97 Å². The van der Waals surface area contributed by atoms with E-state index in [9.17, 15) is 0 Å². The van der Waals surface area contributed by atoms with E-state index < -0.39 is 0 Å². The number of fused-ring (bicyclic) bond motifs is 1. The summed E-state index contributed by atoms with van der Waals surface area (Å²) >= 11 is 3.54. The minimum Gasteiger partial charge on any atom is -0.494 e. The SMILES string of the molecule is CCOc1ccc(Br)cc1CNCC1CCC(C)CC1.Cc1nc(N(C)C)c2ccccc2n1. The van der Waals surface area contributed by atoms with Gasteiger partial charge < -0.3 is 15.0 Å². The molecule has 1 aliphatic carbocycles. The summed E-state index contributed by atoms with van der Waals surface area (Å²) in [6, 6.07) is 14.3. The number of nitrogens with zero attached hydrogens (tertiary/aromatic N) is 3. The van der Waals surface area contributed by atoms with Crippen LogP contribution in [0.3, 0.4) is 0 Å². The molecule has 1 aliphatic rings. The van der Waals surface area contributed by atoms with Crippen LogP contribution >= 0.6 is 15.9 Å². The van der Waals surface area contributed by atoms with E-state index in [-0.39, 0.29) is 0 Å². The quantitative estimate of drug-likeness (QED) is 0.368. The van der Waals surface area contributed by atoms with Crippen LogP contribution in [0.25, 0.3) is 10.9 Å². The second-order valence-corrected chi connectivity index (χ2v) is 10.4. The molecule has 3 aromatic rings. The summed E-state index contributed by atoms with van der Waals surface area (Å²) < 4.78 is 6.80. The van der Waals surface area contributed by atoms with Gasteiger partial charge >= 0.3 is 0 Å². The maximum Gasteiger partial charge on any atom is 0.139 e. The van der Waals surface area contributed by atoms with Gasteiger partial charge in [-0.3, -0.25) is 0 Å². The average Bonchev–Trinajstić information content (AvgIpc) is 2.82. The second-order valence-electron chi connectivity index (χ2n) is 9.45. The van der Waals surface area contributed by atoms with Gasteiger partial charge in [-0.2, -0.15) is 0 Å². The molecule has 0 aliphatic heterocycles. The lowest BCUT2D eigenvalue weighted by Crippen LogP contribution is -2.25. The Morgan fingerprint density at radius 2 is 1.79 bits per heavy atom. The van der Waals surface area contributed by atoms with Crippen LogP contribution in [0.15, 0.2) is 46.9 Å². The Balaban J connectivity index is 0.000000202. The van der Waals surface area contributed by atoms with Crippen molar-refractivity contribution in [1.82, 2.24) is 15.3 Å². The fourth-order valence-corrected chi connectivity index (χ4v) is 4.85. The van der Waals surface area contributed by atoms with Crippen LogP contribution in [-0.2, 0) is 6.54 Å². The van der Waals surface area contributed by atoms with Gasteiger partial charge in [0, 0.05) is 36.1 Å². The van der Waals surface area contributed by atoms with Crippen molar-refractivity contribution in [3.63, 3.8) is 0 Å². The largest absolute Gasteiger partial charge is 0.494 e. The first-order chi connectivity index (χ1) is 16.4. The molecule has 184 valence electrons. The number of rotatable bonds is 7. The number of halogens is 1. The average molecular weight is 528 g/mol. The fraction of sp³-hybridized carbons (Fsp3) is 0.500. The van der Waals surface area contributed by atoms with Gasteiger partial charge in [0.2, 0.25) is 0 Å². The highest BCUT2D eigenvalue weighted by molar-refractivity contribution is 9.10. The van der Waals surface area contributed by atoms with Crippen LogP contribution in [0.4, 0.5) is 5.82 Å². The zero-order valence-electron chi connectivity index (χ0n) is 21.3. The van der Waals surface area contributed by atoms with Crippen LogP contribution in [-0.4, -0.2) is 37.2 Å². The van der Waals surface area contributed by atoms with Crippen molar-refractivity contribution in [3.05, 3.63) is 58.3 Å². The third kappa shape index (κ3) is 7.67. The summed E-state index contributed by atoms with van der Waals surface area (Å²) in [7, 11) is 3.99. The summed E-state index contributed by atoms with van der Waals surface area (Å²) in [6.45, 7) is 9.06. The van der Waals surface area contributed by atoms with E-state index in [4.69, 9.17) is 4.74 Å². The van der Waals surface area contributed by atoms with Gasteiger partial charge in [-0.1, -0.05) is 47.8 Å². The molecular formula is C28H39BrN4O. The summed E-state index contributed by atoms with van der Waals surface area (Å²) in [4.78, 5) is 10.8. The van der Waals surface area contributed by atoms with E-state index in [0.717, 1.165) is 64.3 Å². The molecule has 2 aromatic carbocycles. The van der Waals surface area contributed by atoms with E-state index in [1.54, 1.807) is 0 Å². The first-order valence-corrected chi connectivity index (χ1v) is 13.2. The summed E-state index contributed by atoms with van der Waals surface area (Å²) in [6.07, 6.45) is 5.55. The molecule has 0 unspecified atom stereocenters. The van der Waals surface area contributed by atoms with Gasteiger partial charge in [-0.05, 0) is 75.4 Å². The molecule has 1 saturated carbocycles. The number of aryl methyl sites for hydroxylation is 1. The predicted octanol–water partition coefficient (Wildman–Crippen LogP) is 6.77. The monoisotopic (exact) mass is 526 g/mol. The lowest BCUT2D eigenvalue weighted by Gasteiger charge is -2.26. The lowest BCUT2D eigenvalue weighted by atomic mass is 9.83. The van der Waals surface area contributed by atoms with Crippen molar-refractivity contribution in [2.75, 3.05) is 32.1 Å². The lowest BCUT2D eigenvalue weighted by molar-refractivity contribution is 0.280. The van der Waals surface area contributed by atoms with Crippen molar-refractivity contribution >= 4 is 32.7 Å². The normalized spacial score (nSPS) is 17.7. The molecule has 1 aromatic heterocycles. The molecule has 0 amide bonds. The first-order valence-electron chi connectivity index (χ1n) is 12.4. The minimum absolute atomic E-state index is 0.717. The highest BCUT2D eigenvalue weighted by atomic mass is 79.9. The van der Waals surface area contributed by atoms with E-state index in [2.05, 4.69) is 44.2 Å². The van der Waals surface area contributed by atoms with Crippen LogP contribution in [0, 0.1) is 18.8 Å². The Morgan fingerprint density at radius 3 is 2.50 bits per heavy atom. The summed E-state index contributed by atoms with van der Waals surface area (Å²) in [5.74, 6) is 4.58. The number of para-hydroxylation sites is 1. The number of ether oxygens (including phenoxy) is 1. The zero-order chi connectivity index (χ0) is 24.5. The molecule has 1 N–H and O–H groups in total. The fourth-order valence-electron chi connectivity index (χ4n) is 4.44. The highest BCUT2D eigenvalue weighted by Crippen LogP contribution is 2.28. The molecule has 0 atom stereocenters. The zero-order valence-corrected chi connectivity index (χ0v) is 22.9. The molecule has 1 heterocycles. The number of anilines is 1. The van der Waals surface area contributed by atoms with E-state index in [1.165, 1.54) is 31.2 Å². The maximum atomic E-state index is 5.69. The topological polar surface area (TPSA) is 50.3 Å². The highest BCUT2D eigenvalue weighted by Gasteiger charge is 2.17. The van der Waals surface area contributed by atoms with Gasteiger partial charge in [-0.15, -0.1) is 0 Å². The van der Waals surface area contributed by atoms with E-state index in [1.807, 2.05) is 69.2 Å². The molecule has 0 radical (unpaired) electrons. The van der Waals surface area contributed by atoms with Gasteiger partial charge in [0.1, 0.15) is 17.4 Å². The molecule has 0 saturated heterocycles. The first kappa shape index (κ1) is 26.4. The minimum atomic E-state index is 0.717. The van der Waals surface area contributed by atoms with Gasteiger partial charge in [0.15, 0.2) is 0 Å². The van der Waals surface area contributed by atoms with Gasteiger partial charge in [0.25, 0.3) is 0 Å². The Morgan fingerprint density at radius 1 is 1.06 bits per heavy atom. The van der Waals surface area contributed by atoms with Crippen molar-refractivity contribution in [3.8, 4) is 5.75 Å². The number of aromatic nitrogens is 2.